The van der Waals surface area contributed by atoms with Gasteiger partial charge < -0.3 is 5.11 Å². The van der Waals surface area contributed by atoms with Gasteiger partial charge in [0.2, 0.25) is 0 Å². The third kappa shape index (κ3) is 18.6. The molecule has 2 nitrogen and oxygen atoms in total. The van der Waals surface area contributed by atoms with Gasteiger partial charge in [0.1, 0.15) is 0 Å². The van der Waals surface area contributed by atoms with Gasteiger partial charge in [0.25, 0.3) is 0 Å². The topological polar surface area (TPSA) is 37.3 Å². The van der Waals surface area contributed by atoms with E-state index >= 15 is 0 Å². The first-order valence-electron chi connectivity index (χ1n) is 6.99. The molecular formula is C14H28O2Zn. The number of hydrogen-bond acceptors (Lipinski definition) is 1. The van der Waals surface area contributed by atoms with Gasteiger partial charge in [-0.2, -0.15) is 0 Å². The van der Waals surface area contributed by atoms with Gasteiger partial charge in [0.15, 0.2) is 0 Å². The first-order valence-corrected chi connectivity index (χ1v) is 6.99. The van der Waals surface area contributed by atoms with Gasteiger partial charge in [-0.25, -0.2) is 0 Å². The molecule has 0 radical (unpaired) electrons. The second kappa shape index (κ2) is 16.1. The molecule has 0 aromatic rings. The summed E-state index contributed by atoms with van der Waals surface area (Å²) in [4.78, 5) is 10.3. The number of carboxylic acids is 1. The minimum atomic E-state index is -0.657. The Morgan fingerprint density at radius 2 is 1.12 bits per heavy atom. The van der Waals surface area contributed by atoms with Crippen LogP contribution in [0.4, 0.5) is 0 Å². The van der Waals surface area contributed by atoms with Crippen molar-refractivity contribution in [2.45, 2.75) is 84.0 Å². The average Bonchev–Trinajstić information content (AvgIpc) is 2.25. The van der Waals surface area contributed by atoms with Crippen LogP contribution in [0, 0.1) is 0 Å². The van der Waals surface area contributed by atoms with Gasteiger partial charge in [-0.05, 0) is 6.42 Å². The van der Waals surface area contributed by atoms with Gasteiger partial charge in [0.05, 0.1) is 0 Å². The molecule has 0 spiro atoms. The van der Waals surface area contributed by atoms with Crippen molar-refractivity contribution in [1.82, 2.24) is 0 Å². The molecule has 3 heteroatoms. The fourth-order valence-electron chi connectivity index (χ4n) is 1.94. The number of aliphatic carboxylic acids is 1. The van der Waals surface area contributed by atoms with Crippen LogP contribution < -0.4 is 0 Å². The van der Waals surface area contributed by atoms with Crippen LogP contribution in [-0.2, 0) is 24.3 Å². The molecule has 17 heavy (non-hydrogen) atoms. The van der Waals surface area contributed by atoms with Crippen molar-refractivity contribution in [3.63, 3.8) is 0 Å². The maximum absolute atomic E-state index is 10.3. The number of hydrogen-bond donors (Lipinski definition) is 1. The minimum absolute atomic E-state index is 0. The van der Waals surface area contributed by atoms with Crippen molar-refractivity contribution in [2.24, 2.45) is 0 Å². The van der Waals surface area contributed by atoms with Gasteiger partial charge in [-0.1, -0.05) is 71.1 Å². The fraction of sp³-hybridized carbons (Fsp3) is 0.929. The SMILES string of the molecule is CCCCCCCCCCCCCC(=O)O.[Zn]. The average molecular weight is 294 g/mol. The molecular weight excluding hydrogens is 266 g/mol. The molecule has 0 heterocycles. The van der Waals surface area contributed by atoms with Crippen LogP contribution in [0.1, 0.15) is 84.0 Å². The summed E-state index contributed by atoms with van der Waals surface area (Å²) in [5, 5.41) is 8.46. The third-order valence-electron chi connectivity index (χ3n) is 2.99. The van der Waals surface area contributed by atoms with Crippen LogP contribution in [0.15, 0.2) is 0 Å². The fourth-order valence-corrected chi connectivity index (χ4v) is 1.94. The predicted molar refractivity (Wildman–Crippen MR) is 68.7 cm³/mol. The molecule has 0 bridgehead atoms. The smallest absolute Gasteiger partial charge is 0.303 e. The van der Waals surface area contributed by atoms with E-state index in [-0.39, 0.29) is 19.5 Å². The summed E-state index contributed by atoms with van der Waals surface area (Å²) < 4.78 is 0. The second-order valence-corrected chi connectivity index (χ2v) is 4.68. The number of unbranched alkanes of at least 4 members (excludes halogenated alkanes) is 10. The van der Waals surface area contributed by atoms with Crippen molar-refractivity contribution in [1.29, 1.82) is 0 Å². The van der Waals surface area contributed by atoms with Crippen LogP contribution in [-0.4, -0.2) is 11.1 Å². The molecule has 0 aliphatic carbocycles. The Morgan fingerprint density at radius 3 is 1.47 bits per heavy atom. The van der Waals surface area contributed by atoms with Crippen molar-refractivity contribution >= 4 is 5.97 Å². The first-order chi connectivity index (χ1) is 7.77. The molecule has 0 unspecified atom stereocenters. The summed E-state index contributed by atoms with van der Waals surface area (Å²) in [6.07, 6.45) is 14.4. The van der Waals surface area contributed by atoms with E-state index in [1.54, 1.807) is 0 Å². The van der Waals surface area contributed by atoms with Crippen LogP contribution >= 0.6 is 0 Å². The Kier molecular flexibility index (Phi) is 18.4. The van der Waals surface area contributed by atoms with E-state index < -0.39 is 5.97 Å². The van der Waals surface area contributed by atoms with E-state index in [4.69, 9.17) is 5.11 Å². The molecule has 0 fully saturated rings. The number of carbonyl (C=O) groups is 1. The zero-order valence-electron chi connectivity index (χ0n) is 11.5. The molecule has 0 aromatic heterocycles. The first kappa shape index (κ1) is 19.4. The van der Waals surface area contributed by atoms with Gasteiger partial charge in [-0.3, -0.25) is 4.79 Å². The zero-order valence-corrected chi connectivity index (χ0v) is 14.5. The van der Waals surface area contributed by atoms with Crippen molar-refractivity contribution in [3.05, 3.63) is 0 Å². The molecule has 1 N–H and O–H groups in total. The monoisotopic (exact) mass is 292 g/mol. The van der Waals surface area contributed by atoms with Crippen molar-refractivity contribution < 1.29 is 29.4 Å². The molecule has 0 atom stereocenters. The Balaban J connectivity index is 0. The second-order valence-electron chi connectivity index (χ2n) is 4.68. The van der Waals surface area contributed by atoms with Crippen molar-refractivity contribution in [2.75, 3.05) is 0 Å². The standard InChI is InChI=1S/C14H28O2.Zn/c1-2-3-4-5-6-7-8-9-10-11-12-13-14(15)16;/h2-13H2,1H3,(H,15,16);. The van der Waals surface area contributed by atoms with E-state index in [9.17, 15) is 4.79 Å². The van der Waals surface area contributed by atoms with E-state index in [1.807, 2.05) is 0 Å². The molecule has 0 rings (SSSR count). The van der Waals surface area contributed by atoms with E-state index in [1.165, 1.54) is 57.8 Å². The molecule has 0 aliphatic heterocycles. The van der Waals surface area contributed by atoms with Crippen LogP contribution in [0.3, 0.4) is 0 Å². The van der Waals surface area contributed by atoms with E-state index in [2.05, 4.69) is 6.92 Å². The summed E-state index contributed by atoms with van der Waals surface area (Å²) in [5.74, 6) is -0.657. The number of rotatable bonds is 12. The Labute approximate surface area is 119 Å². The molecule has 0 amide bonds. The zero-order chi connectivity index (χ0) is 12.1. The Morgan fingerprint density at radius 1 is 0.765 bits per heavy atom. The third-order valence-corrected chi connectivity index (χ3v) is 2.99. The van der Waals surface area contributed by atoms with Gasteiger partial charge in [-0.15, -0.1) is 0 Å². The van der Waals surface area contributed by atoms with Gasteiger partial charge >= 0.3 is 5.97 Å². The summed E-state index contributed by atoms with van der Waals surface area (Å²) in [6, 6.07) is 0. The summed E-state index contributed by atoms with van der Waals surface area (Å²) in [7, 11) is 0. The summed E-state index contributed by atoms with van der Waals surface area (Å²) in [6.45, 7) is 2.25. The Bertz CT molecular complexity index is 160. The van der Waals surface area contributed by atoms with E-state index in [0.29, 0.717) is 6.42 Å². The summed E-state index contributed by atoms with van der Waals surface area (Å²) >= 11 is 0. The van der Waals surface area contributed by atoms with Crippen LogP contribution in [0.2, 0.25) is 0 Å². The van der Waals surface area contributed by atoms with Crippen LogP contribution in [0.25, 0.3) is 0 Å². The normalized spacial score (nSPS) is 9.94. The van der Waals surface area contributed by atoms with Crippen molar-refractivity contribution in [3.8, 4) is 0 Å². The maximum Gasteiger partial charge on any atom is 0.303 e. The number of carboxylic acid groups (broad SMARTS) is 1. The summed E-state index contributed by atoms with van der Waals surface area (Å²) in [5.41, 5.74) is 0. The molecule has 98 valence electrons. The quantitative estimate of drug-likeness (QED) is 0.416. The van der Waals surface area contributed by atoms with Crippen LogP contribution in [0.5, 0.6) is 0 Å². The molecule has 0 aliphatic rings. The minimum Gasteiger partial charge on any atom is -0.481 e. The maximum atomic E-state index is 10.3. The van der Waals surface area contributed by atoms with E-state index in [0.717, 1.165) is 12.8 Å². The molecule has 0 saturated heterocycles. The Hall–Kier alpha value is 0.0934. The predicted octanol–water partition coefficient (Wildman–Crippen LogP) is 4.77. The molecule has 0 saturated carbocycles. The van der Waals surface area contributed by atoms with Gasteiger partial charge in [0, 0.05) is 25.9 Å². The largest absolute Gasteiger partial charge is 0.481 e. The molecule has 0 aromatic carbocycles.